The summed E-state index contributed by atoms with van der Waals surface area (Å²) < 4.78 is 24.6. The van der Waals surface area contributed by atoms with E-state index in [-0.39, 0.29) is 18.4 Å². The van der Waals surface area contributed by atoms with Gasteiger partial charge in [-0.25, -0.2) is 9.37 Å². The second-order valence-corrected chi connectivity index (χ2v) is 8.39. The van der Waals surface area contributed by atoms with Crippen molar-refractivity contribution in [3.05, 3.63) is 71.2 Å². The number of carboxylic acid groups (broad SMARTS) is 1. The highest BCUT2D eigenvalue weighted by Crippen LogP contribution is 2.28. The Morgan fingerprint density at radius 1 is 1.18 bits per heavy atom. The lowest BCUT2D eigenvalue weighted by Gasteiger charge is -2.32. The van der Waals surface area contributed by atoms with E-state index in [0.717, 1.165) is 40.7 Å². The van der Waals surface area contributed by atoms with Crippen LogP contribution in [0.2, 0.25) is 0 Å². The van der Waals surface area contributed by atoms with Crippen molar-refractivity contribution in [3.63, 3.8) is 0 Å². The summed E-state index contributed by atoms with van der Waals surface area (Å²) >= 11 is 0. The average molecular weight is 466 g/mol. The molecule has 2 heterocycles. The molecule has 1 atom stereocenters. The van der Waals surface area contributed by atoms with Gasteiger partial charge < -0.3 is 14.6 Å². The van der Waals surface area contributed by atoms with Crippen molar-refractivity contribution in [1.82, 2.24) is 14.9 Å². The number of carbonyl (C=O) groups is 1. The first kappa shape index (κ1) is 23.6. The van der Waals surface area contributed by atoms with Crippen LogP contribution >= 0.6 is 0 Å². The van der Waals surface area contributed by atoms with Crippen LogP contribution in [-0.4, -0.2) is 45.6 Å². The van der Waals surface area contributed by atoms with Crippen LogP contribution in [0.15, 0.2) is 48.7 Å². The van der Waals surface area contributed by atoms with Gasteiger partial charge in [0.1, 0.15) is 18.5 Å². The molecule has 7 nitrogen and oxygen atoms in total. The predicted octanol–water partition coefficient (Wildman–Crippen LogP) is 4.62. The summed E-state index contributed by atoms with van der Waals surface area (Å²) in [7, 11) is 1.52. The zero-order valence-corrected chi connectivity index (χ0v) is 19.3. The Bertz CT molecular complexity index is 1150. The summed E-state index contributed by atoms with van der Waals surface area (Å²) in [6.07, 6.45) is 4.15. The van der Waals surface area contributed by atoms with E-state index in [2.05, 4.69) is 9.97 Å². The molecule has 4 rings (SSSR count). The van der Waals surface area contributed by atoms with Gasteiger partial charge in [-0.15, -0.1) is 0 Å². The van der Waals surface area contributed by atoms with Gasteiger partial charge in [-0.3, -0.25) is 9.69 Å². The molecule has 3 aromatic rings. The SMILES string of the molecule is COc1nc(OCc2cccc(-c3ccc(F)cc3)c2C)ncc1CN1CCCCC1C(=O)O. The van der Waals surface area contributed by atoms with Crippen LogP contribution in [0.3, 0.4) is 0 Å². The van der Waals surface area contributed by atoms with Crippen molar-refractivity contribution in [2.75, 3.05) is 13.7 Å². The third kappa shape index (κ3) is 5.34. The number of ether oxygens (including phenoxy) is 2. The summed E-state index contributed by atoms with van der Waals surface area (Å²) in [6.45, 7) is 3.37. The van der Waals surface area contributed by atoms with Gasteiger partial charge >= 0.3 is 12.0 Å². The Morgan fingerprint density at radius 3 is 2.71 bits per heavy atom. The lowest BCUT2D eigenvalue weighted by Crippen LogP contribution is -2.44. The number of methoxy groups -OCH3 is 1. The Morgan fingerprint density at radius 2 is 1.97 bits per heavy atom. The fourth-order valence-corrected chi connectivity index (χ4v) is 4.33. The number of piperidine rings is 1. The van der Waals surface area contributed by atoms with Crippen molar-refractivity contribution in [1.29, 1.82) is 0 Å². The third-order valence-corrected chi connectivity index (χ3v) is 6.23. The molecule has 178 valence electrons. The topological polar surface area (TPSA) is 84.8 Å². The Labute approximate surface area is 198 Å². The van der Waals surface area contributed by atoms with Crippen LogP contribution < -0.4 is 9.47 Å². The summed E-state index contributed by atoms with van der Waals surface area (Å²) in [5.74, 6) is -0.705. The van der Waals surface area contributed by atoms with Crippen LogP contribution in [-0.2, 0) is 17.9 Å². The number of aliphatic carboxylic acids is 1. The molecule has 0 spiro atoms. The van der Waals surface area contributed by atoms with Gasteiger partial charge in [0.15, 0.2) is 0 Å². The first-order chi connectivity index (χ1) is 16.5. The number of hydrogen-bond acceptors (Lipinski definition) is 6. The van der Waals surface area contributed by atoms with Gasteiger partial charge in [0.2, 0.25) is 5.88 Å². The standard InChI is InChI=1S/C26H28FN3O4/c1-17-19(6-5-7-22(17)18-9-11-21(27)12-10-18)16-34-26-28-14-20(24(29-26)33-2)15-30-13-4-3-8-23(30)25(31)32/h5-7,9-12,14,23H,3-4,8,13,15-16H2,1-2H3,(H,31,32). The van der Waals surface area contributed by atoms with E-state index < -0.39 is 12.0 Å². The van der Waals surface area contributed by atoms with E-state index in [1.54, 1.807) is 18.3 Å². The molecule has 2 aromatic carbocycles. The Kier molecular flexibility index (Phi) is 7.37. The van der Waals surface area contributed by atoms with E-state index >= 15 is 0 Å². The van der Waals surface area contributed by atoms with Gasteiger partial charge in [0, 0.05) is 18.3 Å². The number of benzene rings is 2. The van der Waals surface area contributed by atoms with Crippen molar-refractivity contribution in [2.24, 2.45) is 0 Å². The quantitative estimate of drug-likeness (QED) is 0.520. The number of likely N-dealkylation sites (tertiary alicyclic amines) is 1. The maximum Gasteiger partial charge on any atom is 0.320 e. The smallest absolute Gasteiger partial charge is 0.320 e. The maximum absolute atomic E-state index is 13.3. The van der Waals surface area contributed by atoms with Gasteiger partial charge in [-0.05, 0) is 60.7 Å². The van der Waals surface area contributed by atoms with E-state index in [9.17, 15) is 14.3 Å². The molecular weight excluding hydrogens is 437 g/mol. The number of hydrogen-bond donors (Lipinski definition) is 1. The number of halogens is 1. The second-order valence-electron chi connectivity index (χ2n) is 8.39. The van der Waals surface area contributed by atoms with Crippen LogP contribution in [0.4, 0.5) is 4.39 Å². The second kappa shape index (κ2) is 10.6. The molecule has 8 heteroatoms. The first-order valence-electron chi connectivity index (χ1n) is 11.3. The Hall–Kier alpha value is -3.52. The zero-order valence-electron chi connectivity index (χ0n) is 19.3. The van der Waals surface area contributed by atoms with Gasteiger partial charge in [-0.1, -0.05) is 36.8 Å². The fraction of sp³-hybridized carbons (Fsp3) is 0.346. The highest BCUT2D eigenvalue weighted by Gasteiger charge is 2.29. The number of carboxylic acids is 1. The first-order valence-corrected chi connectivity index (χ1v) is 11.3. The molecule has 0 saturated carbocycles. The van der Waals surface area contributed by atoms with Crippen molar-refractivity contribution in [2.45, 2.75) is 45.4 Å². The van der Waals surface area contributed by atoms with Crippen LogP contribution in [0.5, 0.6) is 11.9 Å². The molecule has 0 amide bonds. The molecule has 34 heavy (non-hydrogen) atoms. The van der Waals surface area contributed by atoms with E-state index in [4.69, 9.17) is 9.47 Å². The van der Waals surface area contributed by atoms with Crippen LogP contribution in [0.25, 0.3) is 11.1 Å². The molecular formula is C26H28FN3O4. The fourth-order valence-electron chi connectivity index (χ4n) is 4.33. The van der Waals surface area contributed by atoms with Crippen LogP contribution in [0, 0.1) is 12.7 Å². The lowest BCUT2D eigenvalue weighted by molar-refractivity contribution is -0.144. The molecule has 0 bridgehead atoms. The average Bonchev–Trinajstić information content (AvgIpc) is 2.85. The molecule has 1 fully saturated rings. The van der Waals surface area contributed by atoms with Crippen molar-refractivity contribution >= 4 is 5.97 Å². The van der Waals surface area contributed by atoms with Crippen LogP contribution in [0.1, 0.15) is 36.0 Å². The number of nitrogens with zero attached hydrogens (tertiary/aromatic N) is 3. The minimum Gasteiger partial charge on any atom is -0.481 e. The highest BCUT2D eigenvalue weighted by molar-refractivity contribution is 5.73. The minimum atomic E-state index is -0.808. The summed E-state index contributed by atoms with van der Waals surface area (Å²) in [5, 5.41) is 9.52. The number of rotatable bonds is 8. The summed E-state index contributed by atoms with van der Waals surface area (Å²) in [5.41, 5.74) is 4.65. The monoisotopic (exact) mass is 465 g/mol. The highest BCUT2D eigenvalue weighted by atomic mass is 19.1. The molecule has 1 saturated heterocycles. The molecule has 0 aliphatic carbocycles. The zero-order chi connectivity index (χ0) is 24.1. The number of aromatic nitrogens is 2. The molecule has 1 N–H and O–H groups in total. The summed E-state index contributed by atoms with van der Waals surface area (Å²) in [4.78, 5) is 22.2. The third-order valence-electron chi connectivity index (χ3n) is 6.23. The largest absolute Gasteiger partial charge is 0.481 e. The predicted molar refractivity (Wildman–Crippen MR) is 125 cm³/mol. The lowest BCUT2D eigenvalue weighted by atomic mass is 9.97. The Balaban J connectivity index is 1.47. The van der Waals surface area contributed by atoms with E-state index in [1.807, 2.05) is 30.0 Å². The molecule has 0 radical (unpaired) electrons. The van der Waals surface area contributed by atoms with Gasteiger partial charge in [-0.2, -0.15) is 4.98 Å². The van der Waals surface area contributed by atoms with Gasteiger partial charge in [0.25, 0.3) is 0 Å². The van der Waals surface area contributed by atoms with Crippen molar-refractivity contribution in [3.8, 4) is 23.0 Å². The molecule has 1 aromatic heterocycles. The van der Waals surface area contributed by atoms with Gasteiger partial charge in [0.05, 0.1) is 7.11 Å². The molecule has 1 aliphatic rings. The minimum absolute atomic E-state index is 0.181. The van der Waals surface area contributed by atoms with Crippen molar-refractivity contribution < 1.29 is 23.8 Å². The summed E-state index contributed by atoms with van der Waals surface area (Å²) in [6, 6.07) is 12.0. The molecule has 1 unspecified atom stereocenters. The molecule has 1 aliphatic heterocycles. The van der Waals surface area contributed by atoms with E-state index in [0.29, 0.717) is 25.4 Å². The normalized spacial score (nSPS) is 16.3. The van der Waals surface area contributed by atoms with E-state index in [1.165, 1.54) is 19.2 Å². The maximum atomic E-state index is 13.3.